The summed E-state index contributed by atoms with van der Waals surface area (Å²) in [7, 11) is 0. The molecule has 2 aromatic carbocycles. The van der Waals surface area contributed by atoms with Crippen LogP contribution in [-0.4, -0.2) is 5.84 Å². The highest BCUT2D eigenvalue weighted by Crippen LogP contribution is 2.15. The Bertz CT molecular complexity index is 523. The third kappa shape index (κ3) is 3.15. The van der Waals surface area contributed by atoms with E-state index in [-0.39, 0.29) is 0 Å². The number of nitrogens with two attached hydrogens (primary N) is 1. The number of hydrogen-bond acceptors (Lipinski definition) is 2. The van der Waals surface area contributed by atoms with Crippen LogP contribution in [0.2, 0.25) is 0 Å². The fourth-order valence-corrected chi connectivity index (χ4v) is 1.85. The molecule has 0 fully saturated rings. The highest BCUT2D eigenvalue weighted by atomic mass is 79.9. The van der Waals surface area contributed by atoms with Crippen molar-refractivity contribution in [1.29, 1.82) is 0 Å². The molecule has 0 atom stereocenters. The molecule has 0 saturated carbocycles. The summed E-state index contributed by atoms with van der Waals surface area (Å²) in [6.07, 6.45) is 0. The van der Waals surface area contributed by atoms with E-state index in [0.717, 1.165) is 15.7 Å². The van der Waals surface area contributed by atoms with Crippen LogP contribution in [0.3, 0.4) is 0 Å². The van der Waals surface area contributed by atoms with Gasteiger partial charge in [0.25, 0.3) is 0 Å². The maximum atomic E-state index is 5.51. The Balaban J connectivity index is 2.37. The Kier molecular flexibility index (Phi) is 3.90. The van der Waals surface area contributed by atoms with E-state index < -0.39 is 0 Å². The van der Waals surface area contributed by atoms with Gasteiger partial charge in [-0.05, 0) is 24.3 Å². The first kappa shape index (κ1) is 11.8. The van der Waals surface area contributed by atoms with Gasteiger partial charge < -0.3 is 5.43 Å². The lowest BCUT2D eigenvalue weighted by molar-refractivity contribution is 1.02. The normalized spacial score (nSPS) is 11.3. The Morgan fingerprint density at radius 2 is 1.82 bits per heavy atom. The van der Waals surface area contributed by atoms with E-state index in [4.69, 9.17) is 5.84 Å². The van der Waals surface area contributed by atoms with Crippen LogP contribution in [-0.2, 0) is 0 Å². The number of amidine groups is 1. The van der Waals surface area contributed by atoms with Crippen LogP contribution in [0, 0.1) is 0 Å². The summed E-state index contributed by atoms with van der Waals surface area (Å²) in [6, 6.07) is 17.5. The second-order valence-corrected chi connectivity index (χ2v) is 4.37. The highest BCUT2D eigenvalue weighted by molar-refractivity contribution is 9.10. The lowest BCUT2D eigenvalue weighted by Gasteiger charge is -2.06. The summed E-state index contributed by atoms with van der Waals surface area (Å²) in [6.45, 7) is 0. The van der Waals surface area contributed by atoms with Gasteiger partial charge in [-0.2, -0.15) is 0 Å². The maximum Gasteiger partial charge on any atom is 0.147 e. The van der Waals surface area contributed by atoms with Gasteiger partial charge >= 0.3 is 0 Å². The summed E-state index contributed by atoms with van der Waals surface area (Å²) < 4.78 is 0.992. The van der Waals surface area contributed by atoms with Gasteiger partial charge in [0.1, 0.15) is 5.84 Å². The molecule has 0 aliphatic carbocycles. The molecule has 0 amide bonds. The molecule has 3 nitrogen and oxygen atoms in total. The first-order valence-corrected chi connectivity index (χ1v) is 5.95. The predicted molar refractivity (Wildman–Crippen MR) is 74.1 cm³/mol. The molecule has 0 unspecified atom stereocenters. The SMILES string of the molecule is NNC(=Nc1ccccc1)c1cccc(Br)c1. The quantitative estimate of drug-likeness (QED) is 0.386. The van der Waals surface area contributed by atoms with Gasteiger partial charge in [0.15, 0.2) is 0 Å². The summed E-state index contributed by atoms with van der Waals surface area (Å²) in [5.41, 5.74) is 4.42. The molecule has 0 radical (unpaired) electrons. The van der Waals surface area contributed by atoms with Crippen molar-refractivity contribution < 1.29 is 0 Å². The minimum atomic E-state index is 0.637. The number of rotatable bonds is 2. The van der Waals surface area contributed by atoms with Crippen LogP contribution in [0.4, 0.5) is 5.69 Å². The van der Waals surface area contributed by atoms with Gasteiger partial charge in [-0.1, -0.05) is 46.3 Å². The van der Waals surface area contributed by atoms with E-state index >= 15 is 0 Å². The number of hydrogen-bond donors (Lipinski definition) is 2. The summed E-state index contributed by atoms with van der Waals surface area (Å²) in [4.78, 5) is 4.45. The Labute approximate surface area is 108 Å². The van der Waals surface area contributed by atoms with E-state index in [0.29, 0.717) is 5.84 Å². The second kappa shape index (κ2) is 5.61. The average Bonchev–Trinajstić information content (AvgIpc) is 2.37. The number of aliphatic imine (C=N–C) groups is 1. The molecule has 2 rings (SSSR count). The van der Waals surface area contributed by atoms with Gasteiger partial charge in [0.2, 0.25) is 0 Å². The molecule has 0 saturated heterocycles. The second-order valence-electron chi connectivity index (χ2n) is 3.45. The summed E-state index contributed by atoms with van der Waals surface area (Å²) in [5, 5.41) is 0. The highest BCUT2D eigenvalue weighted by Gasteiger charge is 2.02. The minimum Gasteiger partial charge on any atom is -0.308 e. The number of benzene rings is 2. The third-order valence-electron chi connectivity index (χ3n) is 2.23. The monoisotopic (exact) mass is 289 g/mol. The molecule has 0 aromatic heterocycles. The molecule has 3 N–H and O–H groups in total. The molecule has 17 heavy (non-hydrogen) atoms. The first-order valence-electron chi connectivity index (χ1n) is 5.16. The zero-order valence-corrected chi connectivity index (χ0v) is 10.7. The molecule has 0 aliphatic heterocycles. The zero-order valence-electron chi connectivity index (χ0n) is 9.10. The van der Waals surface area contributed by atoms with Crippen molar-refractivity contribution in [3.8, 4) is 0 Å². The molecule has 0 heterocycles. The van der Waals surface area contributed by atoms with Crippen LogP contribution in [0.15, 0.2) is 64.1 Å². The van der Waals surface area contributed by atoms with Crippen LogP contribution in [0.5, 0.6) is 0 Å². The molecule has 2 aromatic rings. The molecule has 0 aliphatic rings. The molecule has 0 bridgehead atoms. The van der Waals surface area contributed by atoms with Gasteiger partial charge in [-0.15, -0.1) is 0 Å². The molecule has 0 spiro atoms. The Hall–Kier alpha value is -1.65. The molecule has 86 valence electrons. The van der Waals surface area contributed by atoms with Crippen LogP contribution in [0.25, 0.3) is 0 Å². The Morgan fingerprint density at radius 3 is 2.47 bits per heavy atom. The fourth-order valence-electron chi connectivity index (χ4n) is 1.45. The summed E-state index contributed by atoms with van der Waals surface area (Å²) >= 11 is 3.42. The smallest absolute Gasteiger partial charge is 0.147 e. The van der Waals surface area contributed by atoms with Crippen molar-refractivity contribution in [2.45, 2.75) is 0 Å². The van der Waals surface area contributed by atoms with E-state index in [9.17, 15) is 0 Å². The van der Waals surface area contributed by atoms with Gasteiger partial charge in [-0.25, -0.2) is 10.8 Å². The van der Waals surface area contributed by atoms with Gasteiger partial charge in [0, 0.05) is 10.0 Å². The fraction of sp³-hybridized carbons (Fsp3) is 0. The number of nitrogens with zero attached hydrogens (tertiary/aromatic N) is 1. The van der Waals surface area contributed by atoms with E-state index in [1.54, 1.807) is 0 Å². The standard InChI is InChI=1S/C13H12BrN3/c14-11-6-4-5-10(9-11)13(17-15)16-12-7-2-1-3-8-12/h1-9H,15H2,(H,16,17). The van der Waals surface area contributed by atoms with Crippen molar-refractivity contribution in [2.24, 2.45) is 10.8 Å². The summed E-state index contributed by atoms with van der Waals surface area (Å²) in [5.74, 6) is 6.14. The number of halogens is 1. The predicted octanol–water partition coefficient (Wildman–Crippen LogP) is 2.99. The number of nitrogens with one attached hydrogen (secondary N) is 1. The van der Waals surface area contributed by atoms with Crippen molar-refractivity contribution in [2.75, 3.05) is 0 Å². The average molecular weight is 290 g/mol. The van der Waals surface area contributed by atoms with Crippen molar-refractivity contribution in [3.05, 3.63) is 64.6 Å². The third-order valence-corrected chi connectivity index (χ3v) is 2.73. The van der Waals surface area contributed by atoms with Crippen LogP contribution in [0.1, 0.15) is 5.56 Å². The molecular formula is C13H12BrN3. The number of hydrazine groups is 1. The Morgan fingerprint density at radius 1 is 1.06 bits per heavy atom. The minimum absolute atomic E-state index is 0.637. The van der Waals surface area contributed by atoms with E-state index in [2.05, 4.69) is 26.3 Å². The lowest BCUT2D eigenvalue weighted by Crippen LogP contribution is -2.30. The first-order chi connectivity index (χ1) is 8.29. The van der Waals surface area contributed by atoms with Crippen LogP contribution >= 0.6 is 15.9 Å². The van der Waals surface area contributed by atoms with Crippen LogP contribution < -0.4 is 11.3 Å². The van der Waals surface area contributed by atoms with Gasteiger partial charge in [-0.3, -0.25) is 0 Å². The van der Waals surface area contributed by atoms with Crippen molar-refractivity contribution >= 4 is 27.5 Å². The van der Waals surface area contributed by atoms with Gasteiger partial charge in [0.05, 0.1) is 5.69 Å². The zero-order chi connectivity index (χ0) is 12.1. The lowest BCUT2D eigenvalue weighted by atomic mass is 10.2. The van der Waals surface area contributed by atoms with E-state index in [1.807, 2.05) is 54.6 Å². The van der Waals surface area contributed by atoms with Crippen molar-refractivity contribution in [3.63, 3.8) is 0 Å². The maximum absolute atomic E-state index is 5.51. The molecular weight excluding hydrogens is 278 g/mol. The largest absolute Gasteiger partial charge is 0.308 e. The van der Waals surface area contributed by atoms with Crippen molar-refractivity contribution in [1.82, 2.24) is 5.43 Å². The van der Waals surface area contributed by atoms with E-state index in [1.165, 1.54) is 0 Å². The molecule has 4 heteroatoms. The topological polar surface area (TPSA) is 50.4 Å². The number of para-hydroxylation sites is 1.